The Kier molecular flexibility index (Phi) is 4.77. The molecule has 1 amide bonds. The minimum absolute atomic E-state index is 0.00903. The number of amides is 1. The molecule has 7 heteroatoms. The van der Waals surface area contributed by atoms with Crippen LogP contribution in [-0.4, -0.2) is 40.2 Å². The van der Waals surface area contributed by atoms with Gasteiger partial charge in [0.2, 0.25) is 0 Å². The summed E-state index contributed by atoms with van der Waals surface area (Å²) in [6, 6.07) is 10.8. The van der Waals surface area contributed by atoms with E-state index in [9.17, 15) is 9.59 Å². The van der Waals surface area contributed by atoms with Crippen LogP contribution < -0.4 is 10.9 Å². The molecule has 2 aromatic heterocycles. The fourth-order valence-corrected chi connectivity index (χ4v) is 3.68. The van der Waals surface area contributed by atoms with E-state index >= 15 is 0 Å². The number of rotatable bonds is 5. The molecule has 1 atom stereocenters. The standard InChI is InChI=1S/C20H22N4O3/c1-23-20(26)15-8-3-2-7-14(15)18(22-23)19(25)21-13-16(17-9-6-12-27-17)24-10-4-5-11-24/h2-3,6-9,12,16H,4-5,10-11,13H2,1H3,(H,21,25)/t16-/m0/s1. The van der Waals surface area contributed by atoms with Crippen LogP contribution in [0.15, 0.2) is 51.9 Å². The van der Waals surface area contributed by atoms with Gasteiger partial charge in [-0.2, -0.15) is 5.10 Å². The predicted octanol–water partition coefficient (Wildman–Crippen LogP) is 2.09. The molecule has 1 aromatic carbocycles. The topological polar surface area (TPSA) is 80.4 Å². The van der Waals surface area contributed by atoms with Crippen LogP contribution in [0.1, 0.15) is 35.1 Å². The van der Waals surface area contributed by atoms with Crippen molar-refractivity contribution in [2.45, 2.75) is 18.9 Å². The first-order valence-corrected chi connectivity index (χ1v) is 9.17. The van der Waals surface area contributed by atoms with Crippen LogP contribution in [0, 0.1) is 0 Å². The highest BCUT2D eigenvalue weighted by Gasteiger charge is 2.26. The van der Waals surface area contributed by atoms with Crippen LogP contribution >= 0.6 is 0 Å². The molecule has 3 heterocycles. The number of nitrogens with zero attached hydrogens (tertiary/aromatic N) is 3. The lowest BCUT2D eigenvalue weighted by Gasteiger charge is -2.26. The number of hydrogen-bond donors (Lipinski definition) is 1. The Balaban J connectivity index is 1.59. The highest BCUT2D eigenvalue weighted by Crippen LogP contribution is 2.25. The fraction of sp³-hybridized carbons (Fsp3) is 0.350. The number of likely N-dealkylation sites (tertiary alicyclic amines) is 1. The lowest BCUT2D eigenvalue weighted by Crippen LogP contribution is -2.37. The molecule has 1 aliphatic heterocycles. The van der Waals surface area contributed by atoms with Gasteiger partial charge in [-0.1, -0.05) is 18.2 Å². The molecule has 0 aliphatic carbocycles. The van der Waals surface area contributed by atoms with Gasteiger partial charge in [-0.25, -0.2) is 4.68 Å². The van der Waals surface area contributed by atoms with E-state index in [-0.39, 0.29) is 23.2 Å². The average molecular weight is 366 g/mol. The number of hydrogen-bond acceptors (Lipinski definition) is 5. The summed E-state index contributed by atoms with van der Waals surface area (Å²) in [4.78, 5) is 27.4. The first kappa shape index (κ1) is 17.5. The number of furan rings is 1. The van der Waals surface area contributed by atoms with Gasteiger partial charge in [-0.3, -0.25) is 14.5 Å². The van der Waals surface area contributed by atoms with Gasteiger partial charge in [0, 0.05) is 19.0 Å². The van der Waals surface area contributed by atoms with Crippen molar-refractivity contribution in [1.82, 2.24) is 20.0 Å². The van der Waals surface area contributed by atoms with E-state index < -0.39 is 0 Å². The smallest absolute Gasteiger partial charge is 0.274 e. The molecule has 1 saturated heterocycles. The van der Waals surface area contributed by atoms with Crippen molar-refractivity contribution in [2.75, 3.05) is 19.6 Å². The second-order valence-electron chi connectivity index (χ2n) is 6.81. The number of nitrogens with one attached hydrogen (secondary N) is 1. The molecular weight excluding hydrogens is 344 g/mol. The van der Waals surface area contributed by atoms with Gasteiger partial charge in [0.15, 0.2) is 5.69 Å². The predicted molar refractivity (Wildman–Crippen MR) is 102 cm³/mol. The normalized spacial score (nSPS) is 15.9. The Morgan fingerprint density at radius 2 is 1.93 bits per heavy atom. The van der Waals surface area contributed by atoms with Gasteiger partial charge < -0.3 is 9.73 Å². The Hall–Kier alpha value is -2.93. The molecule has 27 heavy (non-hydrogen) atoms. The van der Waals surface area contributed by atoms with Crippen LogP contribution in [0.25, 0.3) is 10.8 Å². The number of fused-ring (bicyclic) bond motifs is 1. The Morgan fingerprint density at radius 3 is 2.63 bits per heavy atom. The molecule has 1 fully saturated rings. The van der Waals surface area contributed by atoms with E-state index in [0.717, 1.165) is 31.7 Å². The Bertz CT molecular complexity index is 1000. The molecule has 0 saturated carbocycles. The molecule has 0 radical (unpaired) electrons. The summed E-state index contributed by atoms with van der Waals surface area (Å²) >= 11 is 0. The highest BCUT2D eigenvalue weighted by atomic mass is 16.3. The first-order valence-electron chi connectivity index (χ1n) is 9.17. The minimum atomic E-state index is -0.294. The zero-order valence-electron chi connectivity index (χ0n) is 15.2. The molecule has 7 nitrogen and oxygen atoms in total. The van der Waals surface area contributed by atoms with Gasteiger partial charge in [0.05, 0.1) is 17.7 Å². The summed E-state index contributed by atoms with van der Waals surface area (Å²) in [5.41, 5.74) is 0.0417. The summed E-state index contributed by atoms with van der Waals surface area (Å²) in [6.07, 6.45) is 3.96. The van der Waals surface area contributed by atoms with Crippen molar-refractivity contribution in [3.8, 4) is 0 Å². The molecule has 3 aromatic rings. The maximum absolute atomic E-state index is 12.9. The molecule has 0 unspecified atom stereocenters. The molecule has 1 aliphatic rings. The maximum Gasteiger partial charge on any atom is 0.274 e. The Labute approximate surface area is 156 Å². The van der Waals surface area contributed by atoms with E-state index in [1.807, 2.05) is 12.1 Å². The van der Waals surface area contributed by atoms with Crippen LogP contribution in [0.3, 0.4) is 0 Å². The van der Waals surface area contributed by atoms with Gasteiger partial charge in [0.1, 0.15) is 5.76 Å². The van der Waals surface area contributed by atoms with Crippen molar-refractivity contribution in [3.05, 3.63) is 64.5 Å². The number of carbonyl (C=O) groups is 1. The SMILES string of the molecule is Cn1nc(C(=O)NC[C@@H](c2ccco2)N2CCCC2)c2ccccc2c1=O. The van der Waals surface area contributed by atoms with Gasteiger partial charge >= 0.3 is 0 Å². The van der Waals surface area contributed by atoms with E-state index in [4.69, 9.17) is 4.42 Å². The quantitative estimate of drug-likeness (QED) is 0.748. The van der Waals surface area contributed by atoms with Crippen molar-refractivity contribution in [1.29, 1.82) is 0 Å². The number of aryl methyl sites for hydroxylation is 1. The third-order valence-corrected chi connectivity index (χ3v) is 5.08. The second-order valence-corrected chi connectivity index (χ2v) is 6.81. The molecular formula is C20H22N4O3. The van der Waals surface area contributed by atoms with Crippen molar-refractivity contribution >= 4 is 16.7 Å². The lowest BCUT2D eigenvalue weighted by molar-refractivity contribution is 0.0928. The van der Waals surface area contributed by atoms with E-state index in [0.29, 0.717) is 17.3 Å². The largest absolute Gasteiger partial charge is 0.468 e. The van der Waals surface area contributed by atoms with Crippen LogP contribution in [0.4, 0.5) is 0 Å². The number of benzene rings is 1. The van der Waals surface area contributed by atoms with E-state index in [1.54, 1.807) is 37.6 Å². The van der Waals surface area contributed by atoms with E-state index in [1.165, 1.54) is 4.68 Å². The van der Waals surface area contributed by atoms with Gasteiger partial charge in [-0.05, 0) is 44.1 Å². The molecule has 1 N–H and O–H groups in total. The van der Waals surface area contributed by atoms with Crippen LogP contribution in [0.5, 0.6) is 0 Å². The second kappa shape index (κ2) is 7.36. The molecule has 4 rings (SSSR count). The molecule has 0 spiro atoms. The van der Waals surface area contributed by atoms with Crippen molar-refractivity contribution < 1.29 is 9.21 Å². The Morgan fingerprint density at radius 1 is 1.19 bits per heavy atom. The zero-order valence-corrected chi connectivity index (χ0v) is 15.2. The summed E-state index contributed by atoms with van der Waals surface area (Å²) in [5.74, 6) is 0.549. The third kappa shape index (κ3) is 3.38. The molecule has 0 bridgehead atoms. The number of aromatic nitrogens is 2. The van der Waals surface area contributed by atoms with Crippen LogP contribution in [-0.2, 0) is 7.05 Å². The molecule has 140 valence electrons. The minimum Gasteiger partial charge on any atom is -0.468 e. The highest BCUT2D eigenvalue weighted by molar-refractivity contribution is 6.04. The summed E-state index contributed by atoms with van der Waals surface area (Å²) in [5, 5.41) is 8.23. The average Bonchev–Trinajstić information content (AvgIpc) is 3.39. The summed E-state index contributed by atoms with van der Waals surface area (Å²) in [7, 11) is 1.56. The lowest BCUT2D eigenvalue weighted by atomic mass is 10.1. The third-order valence-electron chi connectivity index (χ3n) is 5.08. The summed E-state index contributed by atoms with van der Waals surface area (Å²) < 4.78 is 6.81. The van der Waals surface area contributed by atoms with Gasteiger partial charge in [-0.15, -0.1) is 0 Å². The van der Waals surface area contributed by atoms with E-state index in [2.05, 4.69) is 15.3 Å². The maximum atomic E-state index is 12.9. The number of carbonyl (C=O) groups excluding carboxylic acids is 1. The monoisotopic (exact) mass is 366 g/mol. The fourth-order valence-electron chi connectivity index (χ4n) is 3.68. The summed E-state index contributed by atoms with van der Waals surface area (Å²) in [6.45, 7) is 2.40. The van der Waals surface area contributed by atoms with Crippen molar-refractivity contribution in [2.24, 2.45) is 7.05 Å². The van der Waals surface area contributed by atoms with Crippen LogP contribution in [0.2, 0.25) is 0 Å². The van der Waals surface area contributed by atoms with Gasteiger partial charge in [0.25, 0.3) is 11.5 Å². The first-order chi connectivity index (χ1) is 13.1. The van der Waals surface area contributed by atoms with Crippen molar-refractivity contribution in [3.63, 3.8) is 0 Å². The zero-order chi connectivity index (χ0) is 18.8.